The first-order valence-corrected chi connectivity index (χ1v) is 11.6. The van der Waals surface area contributed by atoms with Crippen LogP contribution in [-0.4, -0.2) is 26.0 Å². The Hall–Kier alpha value is -3.43. The largest absolute Gasteiger partial charge is 0.484 e. The molecular weight excluding hydrogens is 446 g/mol. The number of carbonyl (C=O) groups is 1. The normalized spacial score (nSPS) is 10.8. The fourth-order valence-corrected chi connectivity index (χ4v) is 4.20. The Morgan fingerprint density at radius 3 is 2.31 bits per heavy atom. The van der Waals surface area contributed by atoms with Crippen LogP contribution in [0.25, 0.3) is 0 Å². The molecule has 0 heterocycles. The monoisotopic (exact) mass is 469 g/mol. The number of benzene rings is 3. The summed E-state index contributed by atoms with van der Waals surface area (Å²) in [4.78, 5) is 12.1. The molecule has 0 spiro atoms. The molecule has 3 aromatic carbocycles. The number of hydrogen-bond donors (Lipinski definition) is 3. The maximum absolute atomic E-state index is 12.7. The van der Waals surface area contributed by atoms with Crippen LogP contribution in [0.15, 0.2) is 77.7 Å². The van der Waals surface area contributed by atoms with Crippen LogP contribution in [0.5, 0.6) is 5.75 Å². The van der Waals surface area contributed by atoms with E-state index in [0.717, 1.165) is 11.1 Å². The number of nitrogens with one attached hydrogen (secondary N) is 3. The molecule has 9 heteroatoms. The van der Waals surface area contributed by atoms with E-state index in [2.05, 4.69) is 15.4 Å². The van der Waals surface area contributed by atoms with Gasteiger partial charge in [-0.2, -0.15) is 0 Å². The second-order valence-electron chi connectivity index (χ2n) is 7.05. The molecule has 3 rings (SSSR count). The molecule has 0 saturated heterocycles. The molecule has 0 unspecified atom stereocenters. The van der Waals surface area contributed by atoms with Crippen LogP contribution in [0.4, 0.5) is 11.4 Å². The molecule has 3 aromatic rings. The van der Waals surface area contributed by atoms with E-state index >= 15 is 0 Å². The van der Waals surface area contributed by atoms with Crippen molar-refractivity contribution in [1.29, 1.82) is 0 Å². The van der Waals surface area contributed by atoms with E-state index in [1.807, 2.05) is 32.0 Å². The first-order chi connectivity index (χ1) is 15.2. The molecule has 0 atom stereocenters. The molecule has 7 nitrogen and oxygen atoms in total. The topological polar surface area (TPSA) is 96.5 Å². The lowest BCUT2D eigenvalue weighted by Crippen LogP contribution is -2.37. The number of anilines is 2. The van der Waals surface area contributed by atoms with Crippen molar-refractivity contribution in [2.24, 2.45) is 0 Å². The van der Waals surface area contributed by atoms with Gasteiger partial charge in [-0.15, -0.1) is 0 Å². The smallest absolute Gasteiger partial charge is 0.264 e. The van der Waals surface area contributed by atoms with E-state index in [4.69, 9.17) is 17.0 Å². The molecule has 0 aliphatic rings. The zero-order chi connectivity index (χ0) is 23.1. The number of thiocarbonyl (C=S) groups is 1. The van der Waals surface area contributed by atoms with Crippen molar-refractivity contribution < 1.29 is 17.9 Å². The SMILES string of the molecule is Cc1ccc(NS(=O)(=O)c2ccc(NC(=S)NC(=O)COc3ccccc3)cc2)c(C)c1. The van der Waals surface area contributed by atoms with Crippen LogP contribution < -0.4 is 20.1 Å². The van der Waals surface area contributed by atoms with Gasteiger partial charge >= 0.3 is 0 Å². The van der Waals surface area contributed by atoms with E-state index in [9.17, 15) is 13.2 Å². The first-order valence-electron chi connectivity index (χ1n) is 9.72. The Kier molecular flexibility index (Phi) is 7.45. The number of amides is 1. The first kappa shape index (κ1) is 23.2. The fourth-order valence-electron chi connectivity index (χ4n) is 2.84. The fraction of sp³-hybridized carbons (Fsp3) is 0.130. The number of carbonyl (C=O) groups excluding carboxylic acids is 1. The van der Waals surface area contributed by atoms with Crippen LogP contribution in [-0.2, 0) is 14.8 Å². The van der Waals surface area contributed by atoms with E-state index in [-0.39, 0.29) is 16.6 Å². The van der Waals surface area contributed by atoms with Crippen LogP contribution >= 0.6 is 12.2 Å². The lowest BCUT2D eigenvalue weighted by Gasteiger charge is -2.13. The van der Waals surface area contributed by atoms with Crippen LogP contribution in [0.1, 0.15) is 11.1 Å². The molecule has 0 radical (unpaired) electrons. The summed E-state index contributed by atoms with van der Waals surface area (Å²) in [6.45, 7) is 3.60. The Morgan fingerprint density at radius 2 is 1.66 bits per heavy atom. The highest BCUT2D eigenvalue weighted by Crippen LogP contribution is 2.21. The minimum atomic E-state index is -3.74. The highest BCUT2D eigenvalue weighted by atomic mass is 32.2. The molecule has 0 fully saturated rings. The molecule has 0 aliphatic carbocycles. The van der Waals surface area contributed by atoms with Gasteiger partial charge in [0.2, 0.25) is 0 Å². The van der Waals surface area contributed by atoms with Gasteiger partial charge in [0.1, 0.15) is 5.75 Å². The van der Waals surface area contributed by atoms with Gasteiger partial charge in [0.15, 0.2) is 11.7 Å². The summed E-state index contributed by atoms with van der Waals surface area (Å²) < 4.78 is 33.3. The molecule has 0 aliphatic heterocycles. The van der Waals surface area contributed by atoms with Crippen LogP contribution in [0.3, 0.4) is 0 Å². The van der Waals surface area contributed by atoms with Crippen molar-refractivity contribution >= 4 is 44.6 Å². The molecular formula is C23H23N3O4S2. The van der Waals surface area contributed by atoms with Crippen LogP contribution in [0, 0.1) is 13.8 Å². The lowest BCUT2D eigenvalue weighted by molar-refractivity contribution is -0.121. The summed E-state index contributed by atoms with van der Waals surface area (Å²) in [7, 11) is -3.74. The molecule has 166 valence electrons. The van der Waals surface area contributed by atoms with Crippen molar-refractivity contribution in [2.75, 3.05) is 16.6 Å². The predicted octanol–water partition coefficient (Wildman–Crippen LogP) is 4.00. The number of sulfonamides is 1. The molecule has 0 bridgehead atoms. The summed E-state index contributed by atoms with van der Waals surface area (Å²) in [5.41, 5.74) is 2.95. The van der Waals surface area contributed by atoms with E-state index in [1.54, 1.807) is 42.5 Å². The van der Waals surface area contributed by atoms with Crippen molar-refractivity contribution in [3.8, 4) is 5.75 Å². The van der Waals surface area contributed by atoms with E-state index in [1.165, 1.54) is 12.1 Å². The average Bonchev–Trinajstić information content (AvgIpc) is 2.75. The van der Waals surface area contributed by atoms with Crippen molar-refractivity contribution in [1.82, 2.24) is 5.32 Å². The van der Waals surface area contributed by atoms with Crippen molar-refractivity contribution in [3.05, 3.63) is 83.9 Å². The van der Waals surface area contributed by atoms with Gasteiger partial charge < -0.3 is 10.1 Å². The maximum atomic E-state index is 12.7. The highest BCUT2D eigenvalue weighted by molar-refractivity contribution is 7.92. The number of ether oxygens (including phenoxy) is 1. The Labute approximate surface area is 192 Å². The summed E-state index contributed by atoms with van der Waals surface area (Å²) in [5.74, 6) is 0.163. The molecule has 0 aromatic heterocycles. The summed E-state index contributed by atoms with van der Waals surface area (Å²) in [6, 6.07) is 20.5. The van der Waals surface area contributed by atoms with Gasteiger partial charge in [0.25, 0.3) is 15.9 Å². The Bertz CT molecular complexity index is 1210. The van der Waals surface area contributed by atoms with Gasteiger partial charge in [-0.3, -0.25) is 14.8 Å². The maximum Gasteiger partial charge on any atom is 0.264 e. The van der Waals surface area contributed by atoms with Gasteiger partial charge in [-0.05, 0) is 74.1 Å². The van der Waals surface area contributed by atoms with E-state index < -0.39 is 15.9 Å². The van der Waals surface area contributed by atoms with Gasteiger partial charge in [-0.1, -0.05) is 35.9 Å². The number of para-hydroxylation sites is 1. The molecule has 0 saturated carbocycles. The van der Waals surface area contributed by atoms with Gasteiger partial charge in [-0.25, -0.2) is 8.42 Å². The van der Waals surface area contributed by atoms with Gasteiger partial charge in [0.05, 0.1) is 10.6 Å². The predicted molar refractivity (Wildman–Crippen MR) is 129 cm³/mol. The van der Waals surface area contributed by atoms with E-state index in [0.29, 0.717) is 17.1 Å². The highest BCUT2D eigenvalue weighted by Gasteiger charge is 2.15. The third-order valence-electron chi connectivity index (χ3n) is 4.41. The summed E-state index contributed by atoms with van der Waals surface area (Å²) in [6.07, 6.45) is 0. The summed E-state index contributed by atoms with van der Waals surface area (Å²) in [5, 5.41) is 5.44. The standard InChI is InChI=1S/C23H23N3O4S2/c1-16-8-13-21(17(2)14-16)26-32(28,29)20-11-9-18(10-12-20)24-23(31)25-22(27)15-30-19-6-4-3-5-7-19/h3-14,26H,15H2,1-2H3,(H2,24,25,27,31). The second-order valence-corrected chi connectivity index (χ2v) is 9.14. The quantitative estimate of drug-likeness (QED) is 0.453. The third kappa shape index (κ3) is 6.53. The Morgan fingerprint density at radius 1 is 0.969 bits per heavy atom. The minimum Gasteiger partial charge on any atom is -0.484 e. The third-order valence-corrected chi connectivity index (χ3v) is 6.00. The average molecular weight is 470 g/mol. The second kappa shape index (κ2) is 10.3. The van der Waals surface area contributed by atoms with Gasteiger partial charge in [0, 0.05) is 5.69 Å². The molecule has 1 amide bonds. The minimum absolute atomic E-state index is 0.0793. The van der Waals surface area contributed by atoms with Crippen LogP contribution in [0.2, 0.25) is 0 Å². The zero-order valence-electron chi connectivity index (χ0n) is 17.6. The zero-order valence-corrected chi connectivity index (χ0v) is 19.2. The Balaban J connectivity index is 1.55. The molecule has 3 N–H and O–H groups in total. The lowest BCUT2D eigenvalue weighted by atomic mass is 10.1. The number of hydrogen-bond acceptors (Lipinski definition) is 5. The van der Waals surface area contributed by atoms with Crippen molar-refractivity contribution in [2.45, 2.75) is 18.7 Å². The number of aryl methyl sites for hydroxylation is 2. The summed E-state index contributed by atoms with van der Waals surface area (Å²) >= 11 is 5.13. The van der Waals surface area contributed by atoms with Crippen molar-refractivity contribution in [3.63, 3.8) is 0 Å². The molecule has 32 heavy (non-hydrogen) atoms. The number of rotatable bonds is 7.